The summed E-state index contributed by atoms with van der Waals surface area (Å²) in [5.74, 6) is -0.660. The number of Topliss-reactive ketones (excluding diaryl/α,β-unsaturated/α-hetero) is 1. The maximum Gasteiger partial charge on any atom is 0.279 e. The Hall–Kier alpha value is -1.98. The van der Waals surface area contributed by atoms with Crippen molar-refractivity contribution in [2.24, 2.45) is 7.05 Å². The molecule has 0 N–H and O–H groups in total. The van der Waals surface area contributed by atoms with E-state index in [0.717, 1.165) is 0 Å². The van der Waals surface area contributed by atoms with Crippen molar-refractivity contribution in [1.82, 2.24) is 14.5 Å². The zero-order valence-corrected chi connectivity index (χ0v) is 12.8. The van der Waals surface area contributed by atoms with Crippen LogP contribution in [0.5, 0.6) is 0 Å². The summed E-state index contributed by atoms with van der Waals surface area (Å²) in [5.41, 5.74) is 1.05. The Kier molecular flexibility index (Phi) is 4.55. The number of aryl methyl sites for hydroxylation is 1. The van der Waals surface area contributed by atoms with Gasteiger partial charge in [-0.2, -0.15) is 0 Å². The lowest BCUT2D eigenvalue weighted by Crippen LogP contribution is -2.45. The van der Waals surface area contributed by atoms with Gasteiger partial charge in [0.15, 0.2) is 0 Å². The third-order valence-corrected chi connectivity index (χ3v) is 3.94. The Morgan fingerprint density at radius 2 is 2.05 bits per heavy atom. The number of imidazole rings is 1. The van der Waals surface area contributed by atoms with E-state index in [9.17, 15) is 14.4 Å². The maximum absolute atomic E-state index is 12.4. The minimum Gasteiger partial charge on any atom is -0.329 e. The fourth-order valence-corrected chi connectivity index (χ4v) is 2.58. The van der Waals surface area contributed by atoms with Crippen molar-refractivity contribution in [3.63, 3.8) is 0 Å². The monoisotopic (exact) mass is 291 g/mol. The number of unbranched alkanes of at least 4 members (excludes halogenated alkanes) is 1. The van der Waals surface area contributed by atoms with E-state index in [-0.39, 0.29) is 17.6 Å². The first-order valence-corrected chi connectivity index (χ1v) is 7.36. The van der Waals surface area contributed by atoms with E-state index >= 15 is 0 Å². The van der Waals surface area contributed by atoms with Gasteiger partial charge in [-0.25, -0.2) is 4.98 Å². The molecule has 1 aromatic rings. The first kappa shape index (κ1) is 15.4. The molecule has 0 fully saturated rings. The molecule has 1 aliphatic rings. The third kappa shape index (κ3) is 2.89. The predicted molar refractivity (Wildman–Crippen MR) is 76.8 cm³/mol. The second kappa shape index (κ2) is 6.20. The highest BCUT2D eigenvalue weighted by atomic mass is 16.2. The van der Waals surface area contributed by atoms with Crippen LogP contribution in [0.3, 0.4) is 0 Å². The van der Waals surface area contributed by atoms with Crippen LogP contribution < -0.4 is 0 Å². The van der Waals surface area contributed by atoms with Gasteiger partial charge in [0.2, 0.25) is 5.91 Å². The second-order valence-corrected chi connectivity index (χ2v) is 5.46. The fourth-order valence-electron chi connectivity index (χ4n) is 2.58. The van der Waals surface area contributed by atoms with E-state index in [0.29, 0.717) is 43.6 Å². The molecule has 6 heteroatoms. The zero-order chi connectivity index (χ0) is 15.6. The van der Waals surface area contributed by atoms with E-state index in [4.69, 9.17) is 0 Å². The molecule has 6 nitrogen and oxygen atoms in total. The largest absolute Gasteiger partial charge is 0.329 e. The Morgan fingerprint density at radius 1 is 1.33 bits per heavy atom. The van der Waals surface area contributed by atoms with E-state index in [1.54, 1.807) is 24.9 Å². The van der Waals surface area contributed by atoms with Gasteiger partial charge in [0.05, 0.1) is 17.9 Å². The number of rotatable bonds is 6. The maximum atomic E-state index is 12.4. The third-order valence-electron chi connectivity index (χ3n) is 3.94. The topological polar surface area (TPSA) is 72.3 Å². The molecule has 2 amide bonds. The van der Waals surface area contributed by atoms with Gasteiger partial charge >= 0.3 is 0 Å². The number of nitrogens with zero attached hydrogens (tertiary/aromatic N) is 3. The summed E-state index contributed by atoms with van der Waals surface area (Å²) in [6.07, 6.45) is 3.98. The van der Waals surface area contributed by atoms with Gasteiger partial charge in [-0.05, 0) is 19.8 Å². The van der Waals surface area contributed by atoms with E-state index in [1.165, 1.54) is 4.90 Å². The molecular formula is C15H21N3O3. The molecule has 1 atom stereocenters. The van der Waals surface area contributed by atoms with E-state index < -0.39 is 5.92 Å². The molecule has 0 radical (unpaired) electrons. The molecular weight excluding hydrogens is 270 g/mol. The van der Waals surface area contributed by atoms with Crippen LogP contribution >= 0.6 is 0 Å². The highest BCUT2D eigenvalue weighted by Gasteiger charge is 2.38. The first-order valence-electron chi connectivity index (χ1n) is 7.36. The van der Waals surface area contributed by atoms with Crippen molar-refractivity contribution in [2.45, 2.75) is 45.4 Å². The summed E-state index contributed by atoms with van der Waals surface area (Å²) in [4.78, 5) is 41.4. The number of fused-ring (bicyclic) bond motifs is 1. The SMILES string of the molecule is CCC(=O)CCCCN1C(=O)c2c(ncn2C)C(C)C1=O. The molecule has 0 saturated carbocycles. The number of ketones is 1. The molecule has 1 unspecified atom stereocenters. The molecule has 0 spiro atoms. The Bertz CT molecular complexity index is 577. The van der Waals surface area contributed by atoms with Gasteiger partial charge in [0.1, 0.15) is 11.5 Å². The number of amides is 2. The molecule has 0 aromatic carbocycles. The van der Waals surface area contributed by atoms with Crippen molar-refractivity contribution in [3.8, 4) is 0 Å². The van der Waals surface area contributed by atoms with Crippen LogP contribution in [0.2, 0.25) is 0 Å². The summed E-state index contributed by atoms with van der Waals surface area (Å²) in [6.45, 7) is 3.98. The van der Waals surface area contributed by atoms with Gasteiger partial charge in [-0.3, -0.25) is 19.3 Å². The van der Waals surface area contributed by atoms with Crippen LogP contribution in [0.1, 0.15) is 61.6 Å². The number of hydrogen-bond acceptors (Lipinski definition) is 4. The number of aromatic nitrogens is 2. The lowest BCUT2D eigenvalue weighted by Gasteiger charge is -2.28. The van der Waals surface area contributed by atoms with Crippen LogP contribution in [-0.4, -0.2) is 38.6 Å². The van der Waals surface area contributed by atoms with Crippen molar-refractivity contribution < 1.29 is 14.4 Å². The van der Waals surface area contributed by atoms with Gasteiger partial charge in [0, 0.05) is 26.4 Å². The predicted octanol–water partition coefficient (Wildman–Crippen LogP) is 1.66. The lowest BCUT2D eigenvalue weighted by atomic mass is 9.98. The van der Waals surface area contributed by atoms with Crippen LogP contribution in [0.15, 0.2) is 6.33 Å². The molecule has 21 heavy (non-hydrogen) atoms. The fraction of sp³-hybridized carbons (Fsp3) is 0.600. The molecule has 1 aliphatic heterocycles. The number of imide groups is 1. The Balaban J connectivity index is 2.04. The molecule has 114 valence electrons. The van der Waals surface area contributed by atoms with Crippen molar-refractivity contribution in [3.05, 3.63) is 17.7 Å². The van der Waals surface area contributed by atoms with E-state index in [2.05, 4.69) is 4.98 Å². The minimum atomic E-state index is -0.392. The summed E-state index contributed by atoms with van der Waals surface area (Å²) in [7, 11) is 1.75. The summed E-state index contributed by atoms with van der Waals surface area (Å²) < 4.78 is 1.66. The van der Waals surface area contributed by atoms with Gasteiger partial charge < -0.3 is 4.57 Å². The molecule has 0 bridgehead atoms. The normalized spacial score (nSPS) is 18.0. The van der Waals surface area contributed by atoms with Crippen molar-refractivity contribution >= 4 is 17.6 Å². The zero-order valence-electron chi connectivity index (χ0n) is 12.8. The summed E-state index contributed by atoms with van der Waals surface area (Å²) >= 11 is 0. The number of carbonyl (C=O) groups is 3. The lowest BCUT2D eigenvalue weighted by molar-refractivity contribution is -0.130. The van der Waals surface area contributed by atoms with E-state index in [1.807, 2.05) is 6.92 Å². The van der Waals surface area contributed by atoms with Crippen molar-refractivity contribution in [1.29, 1.82) is 0 Å². The highest BCUT2D eigenvalue weighted by molar-refractivity contribution is 6.10. The average molecular weight is 291 g/mol. The second-order valence-electron chi connectivity index (χ2n) is 5.46. The molecule has 0 saturated heterocycles. The summed E-state index contributed by atoms with van der Waals surface area (Å²) in [6, 6.07) is 0. The standard InChI is InChI=1S/C15H21N3O3/c1-4-11(19)7-5-6-8-18-14(20)10(2)12-13(15(18)21)17(3)9-16-12/h9-10H,4-8H2,1-3H3. The molecule has 1 aromatic heterocycles. The number of carbonyl (C=O) groups excluding carboxylic acids is 3. The summed E-state index contributed by atoms with van der Waals surface area (Å²) in [5, 5.41) is 0. The smallest absolute Gasteiger partial charge is 0.279 e. The molecule has 2 rings (SSSR count). The van der Waals surface area contributed by atoms with Gasteiger partial charge in [-0.15, -0.1) is 0 Å². The van der Waals surface area contributed by atoms with Crippen LogP contribution in [0.25, 0.3) is 0 Å². The number of hydrogen-bond donors (Lipinski definition) is 0. The average Bonchev–Trinajstić information content (AvgIpc) is 2.86. The quantitative estimate of drug-likeness (QED) is 0.590. The minimum absolute atomic E-state index is 0.201. The van der Waals surface area contributed by atoms with Crippen molar-refractivity contribution in [2.75, 3.05) is 6.54 Å². The Morgan fingerprint density at radius 3 is 2.71 bits per heavy atom. The van der Waals surface area contributed by atoms with Gasteiger partial charge in [0.25, 0.3) is 5.91 Å². The van der Waals surface area contributed by atoms with Crippen LogP contribution in [-0.2, 0) is 16.6 Å². The highest BCUT2D eigenvalue weighted by Crippen LogP contribution is 2.27. The Labute approximate surface area is 124 Å². The molecule has 2 heterocycles. The van der Waals surface area contributed by atoms with Gasteiger partial charge in [-0.1, -0.05) is 6.92 Å². The first-order chi connectivity index (χ1) is 9.97. The molecule has 0 aliphatic carbocycles. The van der Waals surface area contributed by atoms with Crippen LogP contribution in [0.4, 0.5) is 0 Å². The van der Waals surface area contributed by atoms with Crippen LogP contribution in [0, 0.1) is 0 Å².